The first-order valence-electron chi connectivity index (χ1n) is 12.4. The van der Waals surface area contributed by atoms with Crippen LogP contribution < -0.4 is 15.2 Å². The van der Waals surface area contributed by atoms with Crippen molar-refractivity contribution in [2.75, 3.05) is 12.0 Å². The van der Waals surface area contributed by atoms with Crippen molar-refractivity contribution in [1.29, 1.82) is 10.7 Å². The molecule has 4 rings (SSSR count). The van der Waals surface area contributed by atoms with Crippen molar-refractivity contribution in [3.8, 4) is 6.07 Å². The Labute approximate surface area is 234 Å². The first-order chi connectivity index (χ1) is 19.5. The van der Waals surface area contributed by atoms with E-state index < -0.39 is 35.7 Å². The van der Waals surface area contributed by atoms with E-state index in [1.165, 1.54) is 19.1 Å². The van der Waals surface area contributed by atoms with Gasteiger partial charge in [-0.2, -0.15) is 18.4 Å². The smallest absolute Gasteiger partial charge is 0.416 e. The van der Waals surface area contributed by atoms with Gasteiger partial charge in [0, 0.05) is 29.9 Å². The molecule has 1 aromatic heterocycles. The monoisotopic (exact) mass is 563 g/mol. The van der Waals surface area contributed by atoms with Crippen LogP contribution in [0.5, 0.6) is 0 Å². The van der Waals surface area contributed by atoms with Crippen LogP contribution >= 0.6 is 0 Å². The van der Waals surface area contributed by atoms with E-state index in [4.69, 9.17) is 15.9 Å². The van der Waals surface area contributed by atoms with Crippen LogP contribution in [0.25, 0.3) is 0 Å². The molecule has 0 saturated heterocycles. The van der Waals surface area contributed by atoms with Crippen molar-refractivity contribution in [2.45, 2.75) is 32.1 Å². The fourth-order valence-corrected chi connectivity index (χ4v) is 4.86. The third kappa shape index (κ3) is 5.74. The minimum atomic E-state index is -4.67. The number of guanidine groups is 1. The number of carbonyl (C=O) groups excluding carboxylic acids is 2. The third-order valence-electron chi connectivity index (χ3n) is 6.75. The summed E-state index contributed by atoms with van der Waals surface area (Å²) < 4.78 is 47.5. The predicted octanol–water partition coefficient (Wildman–Crippen LogP) is 4.43. The average Bonchev–Trinajstić information content (AvgIpc) is 2.95. The molecule has 12 heteroatoms. The average molecular weight is 564 g/mol. The first kappa shape index (κ1) is 28.8. The molecule has 0 spiro atoms. The van der Waals surface area contributed by atoms with Crippen LogP contribution in [0.15, 0.2) is 84.3 Å². The van der Waals surface area contributed by atoms with Crippen molar-refractivity contribution in [3.05, 3.63) is 107 Å². The van der Waals surface area contributed by atoms with Gasteiger partial charge in [-0.15, -0.1) is 0 Å². The number of nitrogens with zero attached hydrogens (tertiary/aromatic N) is 4. The Kier molecular flexibility index (Phi) is 8.09. The number of halogens is 3. The number of primary amides is 1. The minimum Gasteiger partial charge on any atom is -0.466 e. The normalized spacial score (nSPS) is 15.5. The van der Waals surface area contributed by atoms with Crippen LogP contribution in [-0.4, -0.2) is 30.0 Å². The number of aromatic nitrogens is 1. The Hall–Kier alpha value is -5.18. The molecule has 2 amide bonds. The summed E-state index contributed by atoms with van der Waals surface area (Å²) in [6.07, 6.45) is -0.578. The summed E-state index contributed by atoms with van der Waals surface area (Å²) >= 11 is 0. The summed E-state index contributed by atoms with van der Waals surface area (Å²) in [5.41, 5.74) is 6.01. The van der Waals surface area contributed by atoms with Crippen LogP contribution in [0.4, 0.5) is 23.7 Å². The van der Waals surface area contributed by atoms with Crippen LogP contribution in [0.1, 0.15) is 35.2 Å². The van der Waals surface area contributed by atoms with E-state index >= 15 is 0 Å². The Morgan fingerprint density at radius 2 is 1.83 bits per heavy atom. The lowest BCUT2D eigenvalue weighted by Gasteiger charge is -2.43. The number of pyridine rings is 1. The van der Waals surface area contributed by atoms with Gasteiger partial charge in [-0.25, -0.2) is 14.2 Å². The molecule has 2 aromatic carbocycles. The van der Waals surface area contributed by atoms with Crippen LogP contribution in [0.2, 0.25) is 0 Å². The third-order valence-corrected chi connectivity index (χ3v) is 6.75. The lowest BCUT2D eigenvalue weighted by Crippen LogP contribution is -2.55. The van der Waals surface area contributed by atoms with Gasteiger partial charge < -0.3 is 10.5 Å². The van der Waals surface area contributed by atoms with Gasteiger partial charge in [0.05, 0.1) is 29.9 Å². The molecule has 210 valence electrons. The number of amides is 2. The highest BCUT2D eigenvalue weighted by atomic mass is 19.4. The number of nitrogens with one attached hydrogen (secondary N) is 1. The molecule has 1 atom stereocenters. The lowest BCUT2D eigenvalue weighted by atomic mass is 9.88. The maximum Gasteiger partial charge on any atom is 0.416 e. The number of benzene rings is 2. The number of urea groups is 1. The number of hydrogen-bond acceptors (Lipinski definition) is 5. The molecule has 3 N–H and O–H groups in total. The molecule has 41 heavy (non-hydrogen) atoms. The summed E-state index contributed by atoms with van der Waals surface area (Å²) in [5.74, 6) is -1.42. The first-order valence-corrected chi connectivity index (χ1v) is 12.4. The van der Waals surface area contributed by atoms with E-state index in [2.05, 4.69) is 6.07 Å². The van der Waals surface area contributed by atoms with E-state index in [1.54, 1.807) is 12.1 Å². The van der Waals surface area contributed by atoms with Gasteiger partial charge in [0.15, 0.2) is 18.9 Å². The fourth-order valence-electron chi connectivity index (χ4n) is 4.86. The molecule has 0 radical (unpaired) electrons. The van der Waals surface area contributed by atoms with Crippen LogP contribution in [0.3, 0.4) is 0 Å². The molecule has 1 aliphatic rings. The fraction of sp³-hybridized carbons (Fsp3) is 0.207. The summed E-state index contributed by atoms with van der Waals surface area (Å²) in [4.78, 5) is 28.0. The molecule has 0 unspecified atom stereocenters. The van der Waals surface area contributed by atoms with Crippen molar-refractivity contribution in [3.63, 3.8) is 0 Å². The quantitative estimate of drug-likeness (QED) is 0.339. The molecule has 2 heterocycles. The number of allylic oxidation sites excluding steroid dienone is 1. The van der Waals surface area contributed by atoms with Gasteiger partial charge in [-0.05, 0) is 48.4 Å². The topological polar surface area (TPSA) is 127 Å². The molecule has 0 aliphatic carbocycles. The summed E-state index contributed by atoms with van der Waals surface area (Å²) in [6, 6.07) is 14.2. The number of nitrogens with two attached hydrogens (primary N) is 1. The number of carbonyl (C=O) groups is 2. The SMILES string of the molecule is COC(=O)C1=C(C)N(c2cccc(C(F)(F)F)c2)C(=N)N(C(N)=O)[C@@H]1c1ccc(C#N)cc1CC[n+]1ccccc1. The van der Waals surface area contributed by atoms with Gasteiger partial charge in [0.2, 0.25) is 5.96 Å². The maximum absolute atomic E-state index is 13.5. The molecular weight excluding hydrogens is 537 g/mol. The molecule has 1 aliphatic heterocycles. The molecule has 0 saturated carbocycles. The van der Waals surface area contributed by atoms with E-state index in [0.29, 0.717) is 29.7 Å². The molecule has 0 fully saturated rings. The second kappa shape index (κ2) is 11.5. The number of rotatable bonds is 6. The van der Waals surface area contributed by atoms with Crippen molar-refractivity contribution >= 4 is 23.6 Å². The summed E-state index contributed by atoms with van der Waals surface area (Å²) in [7, 11) is 1.13. The zero-order valence-electron chi connectivity index (χ0n) is 22.1. The predicted molar refractivity (Wildman–Crippen MR) is 142 cm³/mol. The van der Waals surface area contributed by atoms with E-state index in [1.807, 2.05) is 35.2 Å². The Bertz CT molecular complexity index is 1580. The summed E-state index contributed by atoms with van der Waals surface area (Å²) in [5, 5.41) is 18.5. The van der Waals surface area contributed by atoms with Crippen LogP contribution in [-0.2, 0) is 28.7 Å². The molecule has 3 aromatic rings. The number of methoxy groups -OCH3 is 1. The van der Waals surface area contributed by atoms with Gasteiger partial charge in [-0.1, -0.05) is 18.2 Å². The number of esters is 1. The zero-order valence-corrected chi connectivity index (χ0v) is 22.1. The van der Waals surface area contributed by atoms with Crippen molar-refractivity contribution in [2.24, 2.45) is 5.73 Å². The van der Waals surface area contributed by atoms with Gasteiger partial charge >= 0.3 is 18.2 Å². The second-order valence-corrected chi connectivity index (χ2v) is 9.20. The second-order valence-electron chi connectivity index (χ2n) is 9.20. The highest BCUT2D eigenvalue weighted by molar-refractivity contribution is 6.10. The number of anilines is 1. The number of alkyl halides is 3. The minimum absolute atomic E-state index is 0.0800. The van der Waals surface area contributed by atoms with Gasteiger partial charge in [0.1, 0.15) is 6.04 Å². The highest BCUT2D eigenvalue weighted by Gasteiger charge is 2.44. The number of ether oxygens (including phenoxy) is 1. The van der Waals surface area contributed by atoms with E-state index in [-0.39, 0.29) is 17.0 Å². The largest absolute Gasteiger partial charge is 0.466 e. The van der Waals surface area contributed by atoms with Crippen LogP contribution in [0, 0.1) is 16.7 Å². The van der Waals surface area contributed by atoms with Gasteiger partial charge in [0.25, 0.3) is 0 Å². The summed E-state index contributed by atoms with van der Waals surface area (Å²) in [6.45, 7) is 1.94. The molecular formula is C29H26F3N6O3+. The number of nitriles is 1. The molecule has 9 nitrogen and oxygen atoms in total. The maximum atomic E-state index is 13.5. The Morgan fingerprint density at radius 3 is 2.44 bits per heavy atom. The van der Waals surface area contributed by atoms with E-state index in [0.717, 1.165) is 35.1 Å². The number of aryl methyl sites for hydroxylation is 2. The Balaban J connectivity index is 1.93. The number of hydrogen-bond donors (Lipinski definition) is 2. The van der Waals surface area contributed by atoms with Gasteiger partial charge in [-0.3, -0.25) is 15.2 Å². The standard InChI is InChI=1S/C29H25F3N6O3/c1-18-24(26(39)41-2)25(23-10-9-19(17-33)15-20(23)11-14-36-12-4-3-5-13-36)38(28(35)40)27(34)37(18)22-8-6-7-21(16-22)29(30,31)32/h3-10,12-13,15-16,25,34H,11,14H2,1-2H3,(H-,35,40)/p+1/t25-/m1/s1. The molecule has 0 bridgehead atoms. The van der Waals surface area contributed by atoms with Crippen molar-refractivity contribution in [1.82, 2.24) is 4.90 Å². The lowest BCUT2D eigenvalue weighted by molar-refractivity contribution is -0.696. The van der Waals surface area contributed by atoms with E-state index in [9.17, 15) is 28.0 Å². The zero-order chi connectivity index (χ0) is 29.9. The Morgan fingerprint density at radius 1 is 1.12 bits per heavy atom. The highest BCUT2D eigenvalue weighted by Crippen LogP contribution is 2.42. The van der Waals surface area contributed by atoms with Crippen molar-refractivity contribution < 1.29 is 32.1 Å².